The third-order valence-electron chi connectivity index (χ3n) is 15.1. The van der Waals surface area contributed by atoms with Crippen LogP contribution in [0.3, 0.4) is 0 Å². The molecule has 2 aromatic carbocycles. The number of rotatable bonds is 7. The zero-order chi connectivity index (χ0) is 56.9. The van der Waals surface area contributed by atoms with Crippen molar-refractivity contribution in [2.75, 3.05) is 89.2 Å². The van der Waals surface area contributed by atoms with Gasteiger partial charge in [0.05, 0.1) is 39.9 Å². The SMILES string of the molecule is CN(C)c1cc(N)c(O)c2c1CC1C[C@H]3C(N(C)C)C(=O)C(C(N)=O)=C(O)[C@@]3(O)C(=O)C1=C2O.CN(C)c1cc2c(c3c1CC1C[C@H]4C(N(C)C)C(=O)C(C(N)=O)=C(O)[C@@]4(O)C(=O)C1=C3O)OCC(=O)N2.O=C(Cl)CBr. The van der Waals surface area contributed by atoms with Crippen molar-refractivity contribution >= 4 is 108 Å². The van der Waals surface area contributed by atoms with Crippen LogP contribution in [0.25, 0.3) is 11.5 Å². The summed E-state index contributed by atoms with van der Waals surface area (Å²) in [6.45, 7) is -0.287. The first-order valence-electron chi connectivity index (χ1n) is 23.5. The fourth-order valence-electron chi connectivity index (χ4n) is 12.0. The van der Waals surface area contributed by atoms with Crippen molar-refractivity contribution in [3.8, 4) is 11.5 Å². The molecule has 1 aliphatic heterocycles. The molecule has 0 bridgehead atoms. The van der Waals surface area contributed by atoms with E-state index in [-0.39, 0.29) is 82.5 Å². The maximum absolute atomic E-state index is 14.0. The lowest BCUT2D eigenvalue weighted by Gasteiger charge is -2.50. The zero-order valence-corrected chi connectivity index (χ0v) is 44.8. The summed E-state index contributed by atoms with van der Waals surface area (Å²) in [5.74, 6) is -13.5. The Morgan fingerprint density at radius 2 is 1.11 bits per heavy atom. The molecule has 4 unspecified atom stereocenters. The van der Waals surface area contributed by atoms with Gasteiger partial charge in [-0.1, -0.05) is 15.9 Å². The number of nitrogens with one attached hydrogen (secondary N) is 1. The van der Waals surface area contributed by atoms with Gasteiger partial charge in [-0.25, -0.2) is 0 Å². The number of likely N-dealkylation sites (N-methyl/N-ethyl adjacent to an activating group) is 2. The molecular formula is C50H58BrClN8O16. The number of nitrogen functional groups attached to an aromatic ring is 1. The average Bonchev–Trinajstić information content (AvgIpc) is 3.37. The van der Waals surface area contributed by atoms with Crippen LogP contribution < -0.4 is 37.1 Å². The van der Waals surface area contributed by atoms with E-state index in [2.05, 4.69) is 21.2 Å². The lowest BCUT2D eigenvalue weighted by atomic mass is 9.57. The topological polar surface area (TPSA) is 390 Å². The van der Waals surface area contributed by atoms with E-state index in [0.29, 0.717) is 28.2 Å². The molecule has 0 saturated heterocycles. The zero-order valence-electron chi connectivity index (χ0n) is 42.4. The maximum Gasteiger partial charge on any atom is 0.262 e. The van der Waals surface area contributed by atoms with E-state index in [4.69, 9.17) is 33.5 Å². The van der Waals surface area contributed by atoms with E-state index in [1.165, 1.54) is 9.80 Å². The first-order chi connectivity index (χ1) is 35.3. The number of aliphatic hydroxyl groups excluding tert-OH is 4. The molecule has 2 fully saturated rings. The number of phenols is 1. The van der Waals surface area contributed by atoms with Crippen LogP contribution in [0.15, 0.2) is 45.9 Å². The van der Waals surface area contributed by atoms with Crippen LogP contribution in [0.1, 0.15) is 35.1 Å². The molecule has 2 aromatic rings. The smallest absolute Gasteiger partial charge is 0.262 e. The lowest BCUT2D eigenvalue weighted by molar-refractivity contribution is -0.155. The second kappa shape index (κ2) is 20.2. The molecule has 1 heterocycles. The Morgan fingerprint density at radius 3 is 1.49 bits per heavy atom. The second-order valence-corrected chi connectivity index (χ2v) is 21.3. The molecular weight excluding hydrogens is 1080 g/mol. The highest BCUT2D eigenvalue weighted by atomic mass is 79.9. The number of nitrogens with zero attached hydrogens (tertiary/aromatic N) is 4. The van der Waals surface area contributed by atoms with Crippen LogP contribution >= 0.6 is 27.5 Å². The van der Waals surface area contributed by atoms with Gasteiger partial charge >= 0.3 is 0 Å². The van der Waals surface area contributed by atoms with Gasteiger partial charge in [0.25, 0.3) is 17.7 Å². The van der Waals surface area contributed by atoms with E-state index in [0.717, 1.165) is 0 Å². The van der Waals surface area contributed by atoms with Gasteiger partial charge in [-0.3, -0.25) is 48.2 Å². The number of phenolic OH excluding ortho intramolecular Hbond substituents is 1. The van der Waals surface area contributed by atoms with Crippen molar-refractivity contribution in [3.63, 3.8) is 0 Å². The van der Waals surface area contributed by atoms with E-state index in [1.54, 1.807) is 78.3 Å². The molecule has 408 valence electrons. The molecule has 3 amide bonds. The van der Waals surface area contributed by atoms with Crippen molar-refractivity contribution in [1.29, 1.82) is 0 Å². The predicted molar refractivity (Wildman–Crippen MR) is 279 cm³/mol. The molecule has 0 aromatic heterocycles. The number of primary amides is 2. The van der Waals surface area contributed by atoms with Gasteiger partial charge < -0.3 is 72.8 Å². The summed E-state index contributed by atoms with van der Waals surface area (Å²) in [7, 11) is 13.4. The number of hydrogen-bond acceptors (Lipinski definition) is 21. The number of amides is 3. The fraction of sp³-hybridized carbons (Fsp3) is 0.440. The van der Waals surface area contributed by atoms with Crippen LogP contribution in [0.2, 0.25) is 0 Å². The summed E-state index contributed by atoms with van der Waals surface area (Å²) in [5.41, 5.74) is 12.3. The largest absolute Gasteiger partial charge is 0.508 e. The predicted octanol–water partition coefficient (Wildman–Crippen LogP) is 0.414. The number of alkyl halides is 1. The Hall–Kier alpha value is -7.03. The molecule has 7 aliphatic rings. The molecule has 8 atom stereocenters. The molecule has 76 heavy (non-hydrogen) atoms. The monoisotopic (exact) mass is 1140 g/mol. The van der Waals surface area contributed by atoms with Crippen LogP contribution in [-0.2, 0) is 51.2 Å². The van der Waals surface area contributed by atoms with Gasteiger partial charge in [-0.2, -0.15) is 0 Å². The number of nitrogens with two attached hydrogens (primary N) is 3. The number of carbonyl (C=O) groups is 8. The third-order valence-corrected chi connectivity index (χ3v) is 16.1. The summed E-state index contributed by atoms with van der Waals surface area (Å²) in [5, 5.41) is 81.0. The lowest BCUT2D eigenvalue weighted by Crippen LogP contribution is -2.65. The Balaban J connectivity index is 0.000000204. The van der Waals surface area contributed by atoms with Crippen molar-refractivity contribution in [2.24, 2.45) is 35.1 Å². The number of ketones is 4. The Morgan fingerprint density at radius 1 is 0.711 bits per heavy atom. The van der Waals surface area contributed by atoms with Crippen LogP contribution in [0.5, 0.6) is 11.5 Å². The number of benzene rings is 2. The molecule has 2 saturated carbocycles. The number of Topliss-reactive ketones (excluding diaryl/α,β-unsaturated/α-hetero) is 4. The number of halogens is 2. The van der Waals surface area contributed by atoms with Gasteiger partial charge in [-0.05, 0) is 101 Å². The number of anilines is 4. The minimum absolute atomic E-state index is 0.0115. The van der Waals surface area contributed by atoms with Gasteiger partial charge in [-0.15, -0.1) is 0 Å². The molecule has 9 rings (SSSR count). The van der Waals surface area contributed by atoms with Crippen molar-refractivity contribution < 1.29 is 78.8 Å². The highest BCUT2D eigenvalue weighted by Crippen LogP contribution is 2.57. The minimum atomic E-state index is -2.66. The molecule has 26 heteroatoms. The van der Waals surface area contributed by atoms with E-state index in [9.17, 15) is 74.1 Å². The fourth-order valence-corrected chi connectivity index (χ4v) is 12.0. The summed E-state index contributed by atoms with van der Waals surface area (Å²) in [4.78, 5) is 106. The van der Waals surface area contributed by atoms with E-state index in [1.807, 2.05) is 0 Å². The number of ether oxygens (including phenoxy) is 1. The quantitative estimate of drug-likeness (QED) is 0.0588. The molecule has 0 radical (unpaired) electrons. The summed E-state index contributed by atoms with van der Waals surface area (Å²) < 4.78 is 5.65. The van der Waals surface area contributed by atoms with Crippen molar-refractivity contribution in [2.45, 2.75) is 49.0 Å². The summed E-state index contributed by atoms with van der Waals surface area (Å²) in [6, 6.07) is 1.05. The summed E-state index contributed by atoms with van der Waals surface area (Å²) in [6.07, 6.45) is 0.541. The number of aromatic hydroxyl groups is 1. The highest BCUT2D eigenvalue weighted by molar-refractivity contribution is 9.09. The Kier molecular flexibility index (Phi) is 15.0. The standard InChI is InChI=1S/C25H28N4O8.C23H28N4O7.C2H2BrClO/c1-28(2)13-7-12-21(37-8-14(30)27-12)16-10(13)5-9-6-11-18(29(3)4)20(32)17(24(26)35)23(34)25(11,36)22(33)15(9)19(16)31;1-26(2)12-7-11(24)17(28)14-9(12)5-8-6-10-16(27(3)4)19(30)15(22(25)33)21(32)23(10,34)20(31)13(8)18(14)29;3-1-2(4)5/h7,9,11,18,31,34,36H,5-6,8H2,1-4H3,(H2,26,35)(H,27,30);7-8,10,16,28-29,32,34H,5-6,24H2,1-4H3,(H2,25,33);1H2/t9?,11-,18?,25-;8?,10-,16?,23-;/m00./s1. The number of hydrogen-bond donors (Lipinski definition) is 11. The van der Waals surface area contributed by atoms with Gasteiger partial charge in [0.15, 0.2) is 35.1 Å². The normalized spacial score (nSPS) is 27.3. The summed E-state index contributed by atoms with van der Waals surface area (Å²) >= 11 is 7.61. The van der Waals surface area contributed by atoms with Crippen LogP contribution in [0.4, 0.5) is 22.7 Å². The van der Waals surface area contributed by atoms with E-state index < -0.39 is 122 Å². The number of fused-ring (bicyclic) bond motifs is 8. The van der Waals surface area contributed by atoms with Crippen LogP contribution in [0, 0.1) is 23.7 Å². The first-order valence-corrected chi connectivity index (χ1v) is 25.0. The molecule has 6 aliphatic carbocycles. The Labute approximate surface area is 447 Å². The Bertz CT molecular complexity index is 3110. The van der Waals surface area contributed by atoms with Crippen molar-refractivity contribution in [3.05, 3.63) is 68.2 Å². The molecule has 0 spiro atoms. The minimum Gasteiger partial charge on any atom is -0.508 e. The molecule has 24 nitrogen and oxygen atoms in total. The second-order valence-electron chi connectivity index (χ2n) is 20.4. The van der Waals surface area contributed by atoms with Crippen molar-refractivity contribution in [1.82, 2.24) is 9.80 Å². The maximum atomic E-state index is 14.0. The van der Waals surface area contributed by atoms with Gasteiger partial charge in [0.1, 0.15) is 39.9 Å². The number of carbonyl (C=O) groups excluding carboxylic acids is 8. The molecule has 14 N–H and O–H groups in total. The van der Waals surface area contributed by atoms with Crippen LogP contribution in [-0.4, -0.2) is 183 Å². The average molecular weight is 1140 g/mol. The number of aliphatic hydroxyl groups is 6. The van der Waals surface area contributed by atoms with Gasteiger partial charge in [0, 0.05) is 62.5 Å². The first kappa shape index (κ1) is 56.7. The third kappa shape index (κ3) is 8.61. The van der Waals surface area contributed by atoms with Gasteiger partial charge in [0.2, 0.25) is 16.8 Å². The van der Waals surface area contributed by atoms with E-state index >= 15 is 0 Å². The highest BCUT2D eigenvalue weighted by Gasteiger charge is 2.66.